The van der Waals surface area contributed by atoms with Crippen LogP contribution >= 0.6 is 0 Å². The molecule has 0 saturated heterocycles. The molecule has 0 atom stereocenters. The number of carbonyl (C=O) groups excluding carboxylic acids is 2. The van der Waals surface area contributed by atoms with E-state index in [-0.39, 0.29) is 11.6 Å². The molecule has 2 rings (SSSR count). The molecule has 0 spiro atoms. The van der Waals surface area contributed by atoms with Gasteiger partial charge in [-0.05, 0) is 35.9 Å². The Morgan fingerprint density at radius 3 is 2.31 bits per heavy atom. The molecule has 1 aromatic carbocycles. The lowest BCUT2D eigenvalue weighted by atomic mass is 9.96. The van der Waals surface area contributed by atoms with Gasteiger partial charge in [-0.3, -0.25) is 9.59 Å². The van der Waals surface area contributed by atoms with Crippen LogP contribution in [0, 0.1) is 5.53 Å². The van der Waals surface area contributed by atoms with Crippen LogP contribution < -0.4 is 0 Å². The van der Waals surface area contributed by atoms with Crippen LogP contribution in [0.2, 0.25) is 0 Å². The maximum Gasteiger partial charge on any atom is 0.186 e. The zero-order valence-electron chi connectivity index (χ0n) is 8.31. The number of allylic oxidation sites excluding steroid dienone is 4. The Balaban J connectivity index is 2.40. The third-order valence-corrected chi connectivity index (χ3v) is 2.26. The van der Waals surface area contributed by atoms with Crippen LogP contribution in [-0.2, 0) is 9.59 Å². The Hall–Kier alpha value is -2.36. The highest BCUT2D eigenvalue weighted by molar-refractivity contribution is 6.33. The van der Waals surface area contributed by atoms with Gasteiger partial charge in [-0.1, -0.05) is 12.1 Å². The second-order valence-electron chi connectivity index (χ2n) is 3.32. The van der Waals surface area contributed by atoms with Crippen LogP contribution in [0.25, 0.3) is 5.57 Å². The fraction of sp³-hybridized carbons (Fsp3) is 0. The van der Waals surface area contributed by atoms with E-state index in [1.54, 1.807) is 24.3 Å². The first-order chi connectivity index (χ1) is 7.70. The van der Waals surface area contributed by atoms with Crippen LogP contribution in [0.15, 0.2) is 47.6 Å². The van der Waals surface area contributed by atoms with Crippen LogP contribution in [0.5, 0.6) is 0 Å². The topological polar surface area (TPSA) is 70.3 Å². The van der Waals surface area contributed by atoms with Gasteiger partial charge in [0.25, 0.3) is 0 Å². The van der Waals surface area contributed by atoms with Crippen molar-refractivity contribution in [3.8, 4) is 0 Å². The molecular weight excluding hydrogens is 204 g/mol. The summed E-state index contributed by atoms with van der Waals surface area (Å²) in [7, 11) is 0. The summed E-state index contributed by atoms with van der Waals surface area (Å²) in [4.78, 5) is 22.7. The number of hydrogen-bond donors (Lipinski definition) is 1. The van der Waals surface area contributed by atoms with Crippen molar-refractivity contribution in [2.24, 2.45) is 5.11 Å². The zero-order valence-corrected chi connectivity index (χ0v) is 8.31. The Morgan fingerprint density at radius 2 is 1.69 bits per heavy atom. The standard InChI is InChI=1S/C12H8N2O2/c13-14-9-3-1-8(2-4-9)11-7-10(15)5-6-12(11)16/h1-7,13H. The second-order valence-corrected chi connectivity index (χ2v) is 3.32. The minimum atomic E-state index is -0.191. The Labute approximate surface area is 91.8 Å². The number of benzene rings is 1. The molecule has 4 nitrogen and oxygen atoms in total. The molecule has 0 radical (unpaired) electrons. The van der Waals surface area contributed by atoms with E-state index in [2.05, 4.69) is 5.11 Å². The van der Waals surface area contributed by atoms with Crippen LogP contribution in [0.3, 0.4) is 0 Å². The number of hydrogen-bond acceptors (Lipinski definition) is 4. The Morgan fingerprint density at radius 1 is 1.00 bits per heavy atom. The number of ketones is 2. The maximum atomic E-state index is 11.5. The van der Waals surface area contributed by atoms with Gasteiger partial charge >= 0.3 is 0 Å². The molecule has 0 aromatic heterocycles. The average molecular weight is 212 g/mol. The number of nitrogens with one attached hydrogen (secondary N) is 1. The number of rotatable bonds is 2. The van der Waals surface area contributed by atoms with Gasteiger partial charge in [-0.2, -0.15) is 5.11 Å². The first kappa shape index (κ1) is 10.2. The molecule has 0 amide bonds. The highest BCUT2D eigenvalue weighted by atomic mass is 16.1. The number of carbonyl (C=O) groups is 2. The molecular formula is C12H8N2O2. The van der Waals surface area contributed by atoms with Crippen LogP contribution in [0.1, 0.15) is 5.56 Å². The fourth-order valence-electron chi connectivity index (χ4n) is 1.45. The first-order valence-corrected chi connectivity index (χ1v) is 4.66. The summed E-state index contributed by atoms with van der Waals surface area (Å²) in [5, 5.41) is 3.26. The summed E-state index contributed by atoms with van der Waals surface area (Å²) in [6.45, 7) is 0. The zero-order chi connectivity index (χ0) is 11.5. The molecule has 4 heteroatoms. The molecule has 1 aliphatic rings. The largest absolute Gasteiger partial charge is 0.290 e. The molecule has 78 valence electrons. The SMILES string of the molecule is N=Nc1ccc(C2=CC(=O)C=CC2=O)cc1. The lowest BCUT2D eigenvalue weighted by Crippen LogP contribution is -2.06. The smallest absolute Gasteiger partial charge is 0.186 e. The van der Waals surface area contributed by atoms with Gasteiger partial charge in [0.1, 0.15) is 0 Å². The summed E-state index contributed by atoms with van der Waals surface area (Å²) in [6, 6.07) is 6.59. The first-order valence-electron chi connectivity index (χ1n) is 4.66. The highest BCUT2D eigenvalue weighted by Gasteiger charge is 2.14. The van der Waals surface area contributed by atoms with Gasteiger partial charge in [0, 0.05) is 5.57 Å². The summed E-state index contributed by atoms with van der Waals surface area (Å²) in [6.07, 6.45) is 3.83. The third kappa shape index (κ3) is 1.86. The van der Waals surface area contributed by atoms with Crippen molar-refractivity contribution in [3.05, 3.63) is 48.1 Å². The lowest BCUT2D eigenvalue weighted by Gasteiger charge is -2.06. The Bertz CT molecular complexity index is 524. The monoisotopic (exact) mass is 212 g/mol. The summed E-state index contributed by atoms with van der Waals surface area (Å²) >= 11 is 0. The molecule has 1 N–H and O–H groups in total. The molecule has 16 heavy (non-hydrogen) atoms. The molecule has 1 aliphatic carbocycles. The van der Waals surface area contributed by atoms with Crippen molar-refractivity contribution in [1.29, 1.82) is 5.53 Å². The quantitative estimate of drug-likeness (QED) is 0.604. The third-order valence-electron chi connectivity index (χ3n) is 2.26. The van der Waals surface area contributed by atoms with Gasteiger partial charge in [0.05, 0.1) is 5.69 Å². The predicted octanol–water partition coefficient (Wildman–Crippen LogP) is 2.44. The van der Waals surface area contributed by atoms with Crippen molar-refractivity contribution in [2.75, 3.05) is 0 Å². The van der Waals surface area contributed by atoms with Crippen molar-refractivity contribution in [2.45, 2.75) is 0 Å². The molecule has 0 heterocycles. The molecule has 0 saturated carbocycles. The van der Waals surface area contributed by atoms with E-state index in [0.29, 0.717) is 16.8 Å². The van der Waals surface area contributed by atoms with Crippen molar-refractivity contribution < 1.29 is 9.59 Å². The maximum absolute atomic E-state index is 11.5. The van der Waals surface area contributed by atoms with E-state index >= 15 is 0 Å². The molecule has 0 aliphatic heterocycles. The van der Waals surface area contributed by atoms with E-state index in [1.807, 2.05) is 0 Å². The van der Waals surface area contributed by atoms with E-state index in [4.69, 9.17) is 5.53 Å². The molecule has 0 fully saturated rings. The van der Waals surface area contributed by atoms with Gasteiger partial charge in [0.15, 0.2) is 11.6 Å². The summed E-state index contributed by atoms with van der Waals surface area (Å²) in [5.74, 6) is -0.376. The van der Waals surface area contributed by atoms with E-state index in [1.165, 1.54) is 18.2 Å². The second kappa shape index (κ2) is 4.02. The van der Waals surface area contributed by atoms with E-state index in [9.17, 15) is 9.59 Å². The van der Waals surface area contributed by atoms with Crippen LogP contribution in [-0.4, -0.2) is 11.6 Å². The van der Waals surface area contributed by atoms with E-state index in [0.717, 1.165) is 0 Å². The van der Waals surface area contributed by atoms with Crippen molar-refractivity contribution in [1.82, 2.24) is 0 Å². The van der Waals surface area contributed by atoms with Crippen LogP contribution in [0.4, 0.5) is 5.69 Å². The molecule has 0 unspecified atom stereocenters. The molecule has 1 aromatic rings. The van der Waals surface area contributed by atoms with Gasteiger partial charge < -0.3 is 0 Å². The van der Waals surface area contributed by atoms with Gasteiger partial charge in [-0.15, -0.1) is 0 Å². The normalized spacial score (nSPS) is 14.9. The van der Waals surface area contributed by atoms with E-state index < -0.39 is 0 Å². The minimum Gasteiger partial charge on any atom is -0.290 e. The predicted molar refractivity (Wildman–Crippen MR) is 58.4 cm³/mol. The fourth-order valence-corrected chi connectivity index (χ4v) is 1.45. The summed E-state index contributed by atoms with van der Waals surface area (Å²) in [5.41, 5.74) is 8.36. The Kier molecular flexibility index (Phi) is 2.55. The number of nitrogens with zero attached hydrogens (tertiary/aromatic N) is 1. The van der Waals surface area contributed by atoms with Gasteiger partial charge in [0.2, 0.25) is 0 Å². The molecule has 0 bridgehead atoms. The minimum absolute atomic E-state index is 0.185. The van der Waals surface area contributed by atoms with Crippen molar-refractivity contribution in [3.63, 3.8) is 0 Å². The highest BCUT2D eigenvalue weighted by Crippen LogP contribution is 2.21. The average Bonchev–Trinajstić information content (AvgIpc) is 2.32. The lowest BCUT2D eigenvalue weighted by molar-refractivity contribution is -0.113. The van der Waals surface area contributed by atoms with Crippen molar-refractivity contribution >= 4 is 22.8 Å². The summed E-state index contributed by atoms with van der Waals surface area (Å²) < 4.78 is 0. The van der Waals surface area contributed by atoms with Gasteiger partial charge in [-0.25, -0.2) is 5.53 Å².